The first-order chi connectivity index (χ1) is 19.7. The van der Waals surface area contributed by atoms with Gasteiger partial charge in [-0.1, -0.05) is 0 Å². The third-order valence-electron chi connectivity index (χ3n) is 5.70. The van der Waals surface area contributed by atoms with Gasteiger partial charge in [-0.05, 0) is 100 Å². The average molecular weight is 642 g/mol. The van der Waals surface area contributed by atoms with Gasteiger partial charge in [-0.15, -0.1) is 0 Å². The van der Waals surface area contributed by atoms with Crippen LogP contribution >= 0.6 is 27.7 Å². The van der Waals surface area contributed by atoms with E-state index in [1.54, 1.807) is 48.5 Å². The fourth-order valence-corrected chi connectivity index (χ4v) is 5.18. The average Bonchev–Trinajstić information content (AvgIpc) is 3.20. The Hall–Kier alpha value is -4.36. The lowest BCUT2D eigenvalue weighted by Gasteiger charge is -2.14. The molecule has 1 aliphatic rings. The number of hydrogen-bond acceptors (Lipinski definition) is 9. The third-order valence-corrected chi connectivity index (χ3v) is 7.20. The fraction of sp³-hybridized carbons (Fsp3) is 0.179. The summed E-state index contributed by atoms with van der Waals surface area (Å²) in [6, 6.07) is 16.1. The highest BCUT2D eigenvalue weighted by Gasteiger charge is 2.36. The molecule has 1 fully saturated rings. The van der Waals surface area contributed by atoms with Crippen molar-refractivity contribution in [2.45, 2.75) is 13.5 Å². The van der Waals surface area contributed by atoms with Crippen LogP contribution in [0.5, 0.6) is 17.2 Å². The van der Waals surface area contributed by atoms with E-state index in [1.165, 1.54) is 25.3 Å². The van der Waals surface area contributed by atoms with Gasteiger partial charge >= 0.3 is 0 Å². The smallest absolute Gasteiger partial charge is 0.294 e. The number of non-ortho nitro benzene ring substituents is 1. The number of rotatable bonds is 11. The number of nitro benzene ring substituents is 1. The van der Waals surface area contributed by atoms with E-state index in [2.05, 4.69) is 21.2 Å². The molecule has 1 heterocycles. The Kier molecular flexibility index (Phi) is 9.63. The van der Waals surface area contributed by atoms with E-state index in [0.29, 0.717) is 45.1 Å². The maximum atomic E-state index is 13.0. The minimum Gasteiger partial charge on any atom is -0.494 e. The summed E-state index contributed by atoms with van der Waals surface area (Å²) < 4.78 is 17.3. The largest absolute Gasteiger partial charge is 0.494 e. The van der Waals surface area contributed by atoms with Gasteiger partial charge in [-0.2, -0.15) is 0 Å². The van der Waals surface area contributed by atoms with Crippen LogP contribution in [0.4, 0.5) is 16.2 Å². The minimum atomic E-state index is -0.588. The summed E-state index contributed by atoms with van der Waals surface area (Å²) in [6.07, 6.45) is 1.53. The van der Waals surface area contributed by atoms with E-state index in [-0.39, 0.29) is 17.2 Å². The molecule has 0 atom stereocenters. The van der Waals surface area contributed by atoms with Crippen molar-refractivity contribution in [1.82, 2.24) is 4.90 Å². The van der Waals surface area contributed by atoms with Gasteiger partial charge in [0.1, 0.15) is 18.9 Å². The number of amides is 3. The topological polar surface area (TPSA) is 137 Å². The van der Waals surface area contributed by atoms with Crippen molar-refractivity contribution in [2.75, 3.05) is 25.6 Å². The van der Waals surface area contributed by atoms with Crippen LogP contribution in [0.15, 0.2) is 70.0 Å². The predicted molar refractivity (Wildman–Crippen MR) is 157 cm³/mol. The van der Waals surface area contributed by atoms with Gasteiger partial charge in [0.2, 0.25) is 5.91 Å². The van der Waals surface area contributed by atoms with E-state index in [1.807, 2.05) is 6.92 Å². The second-order valence-electron chi connectivity index (χ2n) is 8.52. The van der Waals surface area contributed by atoms with Gasteiger partial charge in [0.25, 0.3) is 16.8 Å². The molecule has 0 bridgehead atoms. The molecule has 0 spiro atoms. The van der Waals surface area contributed by atoms with Crippen molar-refractivity contribution in [3.63, 3.8) is 0 Å². The van der Waals surface area contributed by atoms with Crippen LogP contribution < -0.4 is 19.5 Å². The van der Waals surface area contributed by atoms with Crippen LogP contribution in [0.25, 0.3) is 6.08 Å². The van der Waals surface area contributed by atoms with E-state index in [0.717, 1.165) is 16.7 Å². The first-order valence-corrected chi connectivity index (χ1v) is 13.8. The molecule has 13 heteroatoms. The number of nitrogens with zero attached hydrogens (tertiary/aromatic N) is 2. The molecule has 0 radical (unpaired) electrons. The number of carbonyl (C=O) groups excluding carboxylic acids is 3. The molecule has 1 aliphatic heterocycles. The van der Waals surface area contributed by atoms with Crippen LogP contribution in [-0.2, 0) is 16.2 Å². The highest BCUT2D eigenvalue weighted by molar-refractivity contribution is 9.10. The lowest BCUT2D eigenvalue weighted by molar-refractivity contribution is -0.384. The molecule has 3 aromatic carbocycles. The van der Waals surface area contributed by atoms with Crippen LogP contribution in [0.2, 0.25) is 0 Å². The van der Waals surface area contributed by atoms with Crippen molar-refractivity contribution in [1.29, 1.82) is 0 Å². The molecule has 0 saturated carbocycles. The van der Waals surface area contributed by atoms with E-state index >= 15 is 0 Å². The molecule has 11 nitrogen and oxygen atoms in total. The number of ether oxygens (including phenoxy) is 3. The van der Waals surface area contributed by atoms with Crippen LogP contribution in [0.1, 0.15) is 18.1 Å². The SMILES string of the molecule is CCOc1ccc(NC(=O)CN2C(=O)S/C(=C/c3cc(Br)c(OCc4ccc([N+](=O)[O-])cc4)c(OC)c3)C2=O)cc1. The lowest BCUT2D eigenvalue weighted by atomic mass is 10.1. The number of nitro groups is 1. The number of methoxy groups -OCH3 is 1. The molecule has 3 aromatic rings. The quantitative estimate of drug-likeness (QED) is 0.151. The zero-order chi connectivity index (χ0) is 29.5. The van der Waals surface area contributed by atoms with E-state index in [4.69, 9.17) is 14.2 Å². The van der Waals surface area contributed by atoms with Crippen molar-refractivity contribution >= 4 is 62.2 Å². The van der Waals surface area contributed by atoms with Crippen molar-refractivity contribution in [3.8, 4) is 17.2 Å². The Morgan fingerprint density at radius 3 is 2.44 bits per heavy atom. The van der Waals surface area contributed by atoms with E-state index < -0.39 is 28.5 Å². The third kappa shape index (κ3) is 7.44. The lowest BCUT2D eigenvalue weighted by Crippen LogP contribution is -2.36. The first-order valence-electron chi connectivity index (χ1n) is 12.2. The molecule has 1 N–H and O–H groups in total. The molecule has 0 aromatic heterocycles. The van der Waals surface area contributed by atoms with E-state index in [9.17, 15) is 24.5 Å². The zero-order valence-corrected chi connectivity index (χ0v) is 24.3. The summed E-state index contributed by atoms with van der Waals surface area (Å²) in [7, 11) is 1.46. The van der Waals surface area contributed by atoms with Crippen LogP contribution in [0.3, 0.4) is 0 Å². The molecule has 212 valence electrons. The zero-order valence-electron chi connectivity index (χ0n) is 21.9. The number of halogens is 1. The highest BCUT2D eigenvalue weighted by Crippen LogP contribution is 2.39. The summed E-state index contributed by atoms with van der Waals surface area (Å²) in [4.78, 5) is 49.5. The molecule has 4 rings (SSSR count). The Morgan fingerprint density at radius 1 is 1.10 bits per heavy atom. The van der Waals surface area contributed by atoms with Crippen molar-refractivity contribution in [3.05, 3.63) is 91.3 Å². The second-order valence-corrected chi connectivity index (χ2v) is 10.4. The Morgan fingerprint density at radius 2 is 1.80 bits per heavy atom. The fourth-order valence-electron chi connectivity index (χ4n) is 3.77. The van der Waals surface area contributed by atoms with Crippen molar-refractivity contribution < 1.29 is 33.5 Å². The number of thioether (sulfide) groups is 1. The van der Waals surface area contributed by atoms with Crippen LogP contribution in [0, 0.1) is 10.1 Å². The summed E-state index contributed by atoms with van der Waals surface area (Å²) in [6.45, 7) is 2.08. The summed E-state index contributed by atoms with van der Waals surface area (Å²) >= 11 is 4.19. The second kappa shape index (κ2) is 13.3. The first kappa shape index (κ1) is 29.6. The summed E-state index contributed by atoms with van der Waals surface area (Å²) in [5.41, 5.74) is 1.76. The standard InChI is InChI=1S/C28H24BrN3O8S/c1-3-39-21-10-6-19(7-11-21)30-25(33)15-31-27(34)24(41-28(31)35)14-18-12-22(29)26(23(13-18)38-2)40-16-17-4-8-20(9-5-17)32(36)37/h4-14H,3,15-16H2,1-2H3,(H,30,33)/b24-14+. The summed E-state index contributed by atoms with van der Waals surface area (Å²) in [5.74, 6) is 0.310. The highest BCUT2D eigenvalue weighted by atomic mass is 79.9. The Bertz CT molecular complexity index is 1510. The molecule has 0 unspecified atom stereocenters. The van der Waals surface area contributed by atoms with Gasteiger partial charge in [0, 0.05) is 17.8 Å². The molecular weight excluding hydrogens is 618 g/mol. The van der Waals surface area contributed by atoms with Crippen molar-refractivity contribution in [2.24, 2.45) is 0 Å². The van der Waals surface area contributed by atoms with Gasteiger partial charge in [-0.3, -0.25) is 29.4 Å². The number of imide groups is 1. The Balaban J connectivity index is 1.42. The summed E-state index contributed by atoms with van der Waals surface area (Å²) in [5, 5.41) is 13.0. The maximum absolute atomic E-state index is 13.0. The monoisotopic (exact) mass is 641 g/mol. The van der Waals surface area contributed by atoms with Gasteiger partial charge < -0.3 is 19.5 Å². The molecule has 1 saturated heterocycles. The number of hydrogen-bond donors (Lipinski definition) is 1. The number of benzene rings is 3. The van der Waals surface area contributed by atoms with Gasteiger partial charge in [-0.25, -0.2) is 0 Å². The molecular formula is C28H24BrN3O8S. The Labute approximate surface area is 247 Å². The normalized spacial score (nSPS) is 13.8. The molecule has 41 heavy (non-hydrogen) atoms. The van der Waals surface area contributed by atoms with Gasteiger partial charge in [0.15, 0.2) is 11.5 Å². The number of anilines is 1. The number of nitrogens with one attached hydrogen (secondary N) is 1. The molecule has 0 aliphatic carbocycles. The maximum Gasteiger partial charge on any atom is 0.294 e. The predicted octanol–water partition coefficient (Wildman–Crippen LogP) is 6.02. The molecule has 3 amide bonds. The minimum absolute atomic E-state index is 0.0189. The van der Waals surface area contributed by atoms with Gasteiger partial charge in [0.05, 0.1) is 28.0 Å². The van der Waals surface area contributed by atoms with Crippen LogP contribution in [-0.4, -0.2) is 47.1 Å². The number of carbonyl (C=O) groups is 3.